The Morgan fingerprint density at radius 1 is 1.27 bits per heavy atom. The highest BCUT2D eigenvalue weighted by Crippen LogP contribution is 2.11. The number of rotatable bonds is 4. The van der Waals surface area contributed by atoms with E-state index < -0.39 is 5.97 Å². The molecule has 0 aromatic heterocycles. The molecule has 4 nitrogen and oxygen atoms in total. The number of hydrogen-bond acceptors (Lipinski definition) is 4. The normalized spacial score (nSPS) is 9.67. The third-order valence-electron chi connectivity index (χ3n) is 1.80. The van der Waals surface area contributed by atoms with E-state index in [1.807, 2.05) is 0 Å². The van der Waals surface area contributed by atoms with Crippen molar-refractivity contribution in [3.63, 3.8) is 0 Å². The summed E-state index contributed by atoms with van der Waals surface area (Å²) in [5.74, 6) is -0.758. The summed E-state index contributed by atoms with van der Waals surface area (Å²) in [6.07, 6.45) is -0.265. The summed E-state index contributed by atoms with van der Waals surface area (Å²) >= 11 is 0. The first-order chi connectivity index (χ1) is 7.13. The van der Waals surface area contributed by atoms with Crippen LogP contribution in [0.2, 0.25) is 0 Å². The highest BCUT2D eigenvalue weighted by molar-refractivity contribution is 6.05. The molecule has 80 valence electrons. The molecule has 1 aromatic rings. The van der Waals surface area contributed by atoms with Crippen LogP contribution in [0.3, 0.4) is 0 Å². The topological polar surface area (TPSA) is 63.6 Å². The van der Waals surface area contributed by atoms with Gasteiger partial charge in [-0.2, -0.15) is 0 Å². The molecule has 0 fully saturated rings. The molecule has 0 unspecified atom stereocenters. The van der Waals surface area contributed by atoms with Crippen molar-refractivity contribution in [3.05, 3.63) is 29.8 Å². The SMILES string of the molecule is CCOC(=O)CC(=O)c1ccc(O)cc1. The first kappa shape index (κ1) is 11.2. The van der Waals surface area contributed by atoms with Gasteiger partial charge in [-0.05, 0) is 31.2 Å². The van der Waals surface area contributed by atoms with Crippen LogP contribution in [-0.2, 0) is 9.53 Å². The Hall–Kier alpha value is -1.84. The molecule has 1 aromatic carbocycles. The number of carbonyl (C=O) groups is 2. The zero-order valence-corrected chi connectivity index (χ0v) is 8.40. The standard InChI is InChI=1S/C11H12O4/c1-2-15-11(14)7-10(13)8-3-5-9(12)6-4-8/h3-6,12H,2,7H2,1H3. The van der Waals surface area contributed by atoms with Crippen molar-refractivity contribution in [2.45, 2.75) is 13.3 Å². The maximum absolute atomic E-state index is 11.5. The van der Waals surface area contributed by atoms with E-state index in [1.165, 1.54) is 24.3 Å². The lowest BCUT2D eigenvalue weighted by atomic mass is 10.1. The Kier molecular flexibility index (Phi) is 3.85. The number of esters is 1. The first-order valence-corrected chi connectivity index (χ1v) is 4.61. The number of hydrogen-bond donors (Lipinski definition) is 1. The summed E-state index contributed by atoms with van der Waals surface area (Å²) in [4.78, 5) is 22.5. The van der Waals surface area contributed by atoms with Gasteiger partial charge >= 0.3 is 5.97 Å². The first-order valence-electron chi connectivity index (χ1n) is 4.61. The second kappa shape index (κ2) is 5.14. The number of ketones is 1. The molecule has 0 spiro atoms. The van der Waals surface area contributed by atoms with E-state index in [1.54, 1.807) is 6.92 Å². The number of phenolic OH excluding ortho intramolecular Hbond substituents is 1. The Morgan fingerprint density at radius 2 is 1.87 bits per heavy atom. The van der Waals surface area contributed by atoms with Crippen LogP contribution in [0.1, 0.15) is 23.7 Å². The monoisotopic (exact) mass is 208 g/mol. The predicted octanol–water partition coefficient (Wildman–Crippen LogP) is 1.53. The summed E-state index contributed by atoms with van der Waals surface area (Å²) in [7, 11) is 0. The number of benzene rings is 1. The van der Waals surface area contributed by atoms with Crippen molar-refractivity contribution >= 4 is 11.8 Å². The van der Waals surface area contributed by atoms with Crippen LogP contribution in [0.15, 0.2) is 24.3 Å². The molecule has 0 saturated heterocycles. The van der Waals surface area contributed by atoms with Crippen molar-refractivity contribution in [1.82, 2.24) is 0 Å². The van der Waals surface area contributed by atoms with Crippen LogP contribution in [0.5, 0.6) is 5.75 Å². The smallest absolute Gasteiger partial charge is 0.313 e. The summed E-state index contributed by atoms with van der Waals surface area (Å²) in [5, 5.41) is 9.00. The van der Waals surface area contributed by atoms with Crippen molar-refractivity contribution in [1.29, 1.82) is 0 Å². The maximum atomic E-state index is 11.5. The van der Waals surface area contributed by atoms with Gasteiger partial charge in [0.15, 0.2) is 5.78 Å². The molecule has 0 aliphatic carbocycles. The summed E-state index contributed by atoms with van der Waals surface area (Å²) in [6.45, 7) is 1.95. The van der Waals surface area contributed by atoms with Gasteiger partial charge in [-0.25, -0.2) is 0 Å². The Balaban J connectivity index is 2.61. The fourth-order valence-electron chi connectivity index (χ4n) is 1.09. The van der Waals surface area contributed by atoms with E-state index >= 15 is 0 Å². The van der Waals surface area contributed by atoms with Crippen molar-refractivity contribution in [2.24, 2.45) is 0 Å². The van der Waals surface area contributed by atoms with Crippen LogP contribution in [0.25, 0.3) is 0 Å². The molecule has 1 rings (SSSR count). The second-order valence-electron chi connectivity index (χ2n) is 2.95. The molecule has 0 aliphatic rings. The highest BCUT2D eigenvalue weighted by atomic mass is 16.5. The number of phenols is 1. The zero-order valence-electron chi connectivity index (χ0n) is 8.40. The van der Waals surface area contributed by atoms with Gasteiger partial charge in [0, 0.05) is 5.56 Å². The van der Waals surface area contributed by atoms with Crippen LogP contribution in [-0.4, -0.2) is 23.5 Å². The quantitative estimate of drug-likeness (QED) is 0.463. The van der Waals surface area contributed by atoms with Gasteiger partial charge < -0.3 is 9.84 Å². The van der Waals surface area contributed by atoms with E-state index in [-0.39, 0.29) is 24.6 Å². The second-order valence-corrected chi connectivity index (χ2v) is 2.95. The minimum Gasteiger partial charge on any atom is -0.508 e. The molecule has 0 saturated carbocycles. The van der Waals surface area contributed by atoms with E-state index in [2.05, 4.69) is 4.74 Å². The average molecular weight is 208 g/mol. The fourth-order valence-corrected chi connectivity index (χ4v) is 1.09. The van der Waals surface area contributed by atoms with Gasteiger partial charge in [-0.1, -0.05) is 0 Å². The van der Waals surface area contributed by atoms with Crippen LogP contribution < -0.4 is 0 Å². The van der Waals surface area contributed by atoms with Gasteiger partial charge in [-0.15, -0.1) is 0 Å². The van der Waals surface area contributed by atoms with Gasteiger partial charge in [0.05, 0.1) is 6.61 Å². The molecule has 0 bridgehead atoms. The van der Waals surface area contributed by atoms with E-state index in [4.69, 9.17) is 5.11 Å². The van der Waals surface area contributed by atoms with Crippen molar-refractivity contribution < 1.29 is 19.4 Å². The lowest BCUT2D eigenvalue weighted by molar-refractivity contribution is -0.141. The molecule has 1 N–H and O–H groups in total. The highest BCUT2D eigenvalue weighted by Gasteiger charge is 2.12. The van der Waals surface area contributed by atoms with Crippen LogP contribution in [0.4, 0.5) is 0 Å². The van der Waals surface area contributed by atoms with Crippen molar-refractivity contribution in [2.75, 3.05) is 6.61 Å². The minimum absolute atomic E-state index is 0.0858. The Labute approximate surface area is 87.5 Å². The lowest BCUT2D eigenvalue weighted by Crippen LogP contribution is -2.11. The third-order valence-corrected chi connectivity index (χ3v) is 1.80. The average Bonchev–Trinajstić information content (AvgIpc) is 2.18. The third kappa shape index (κ3) is 3.42. The van der Waals surface area contributed by atoms with Crippen molar-refractivity contribution in [3.8, 4) is 5.75 Å². The minimum atomic E-state index is -0.532. The largest absolute Gasteiger partial charge is 0.508 e. The van der Waals surface area contributed by atoms with Gasteiger partial charge in [0.1, 0.15) is 12.2 Å². The number of aromatic hydroxyl groups is 1. The molecular formula is C11H12O4. The molecule has 0 aliphatic heterocycles. The number of Topliss-reactive ketones (excluding diaryl/α,β-unsaturated/α-hetero) is 1. The zero-order chi connectivity index (χ0) is 11.3. The van der Waals surface area contributed by atoms with Crippen LogP contribution >= 0.6 is 0 Å². The summed E-state index contributed by atoms with van der Waals surface area (Å²) < 4.78 is 4.65. The molecule has 15 heavy (non-hydrogen) atoms. The predicted molar refractivity (Wildman–Crippen MR) is 53.7 cm³/mol. The fraction of sp³-hybridized carbons (Fsp3) is 0.273. The van der Waals surface area contributed by atoms with E-state index in [0.717, 1.165) is 0 Å². The number of ether oxygens (including phenoxy) is 1. The summed E-state index contributed by atoms with van der Waals surface area (Å²) in [5.41, 5.74) is 0.390. The molecule has 0 heterocycles. The van der Waals surface area contributed by atoms with Crippen LogP contribution in [0, 0.1) is 0 Å². The molecule has 0 radical (unpaired) electrons. The van der Waals surface area contributed by atoms with E-state index in [0.29, 0.717) is 5.56 Å². The van der Waals surface area contributed by atoms with Gasteiger partial charge in [-0.3, -0.25) is 9.59 Å². The molecule has 4 heteroatoms. The number of carbonyl (C=O) groups excluding carboxylic acids is 2. The van der Waals surface area contributed by atoms with Gasteiger partial charge in [0.25, 0.3) is 0 Å². The molecular weight excluding hydrogens is 196 g/mol. The van der Waals surface area contributed by atoms with E-state index in [9.17, 15) is 9.59 Å². The molecule has 0 amide bonds. The van der Waals surface area contributed by atoms with Gasteiger partial charge in [0.2, 0.25) is 0 Å². The Morgan fingerprint density at radius 3 is 2.40 bits per heavy atom. The Bertz CT molecular complexity index is 353. The lowest BCUT2D eigenvalue weighted by Gasteiger charge is -2.01. The summed E-state index contributed by atoms with van der Waals surface area (Å²) in [6, 6.07) is 5.74. The maximum Gasteiger partial charge on any atom is 0.313 e. The molecule has 0 atom stereocenters.